The third kappa shape index (κ3) is 6.36. The molecule has 1 saturated heterocycles. The third-order valence-electron chi connectivity index (χ3n) is 3.71. The van der Waals surface area contributed by atoms with E-state index in [-0.39, 0.29) is 12.0 Å². The Hall–Kier alpha value is -0.650. The van der Waals surface area contributed by atoms with E-state index < -0.39 is 0 Å². The highest BCUT2D eigenvalue weighted by atomic mass is 16.3. The Balaban J connectivity index is 2.16. The first-order chi connectivity index (χ1) is 9.02. The van der Waals surface area contributed by atoms with Crippen LogP contribution in [0.1, 0.15) is 32.6 Å². The second-order valence-electron chi connectivity index (χ2n) is 5.69. The van der Waals surface area contributed by atoms with Crippen molar-refractivity contribution in [2.45, 2.75) is 44.8 Å². The molecule has 1 unspecified atom stereocenters. The largest absolute Gasteiger partial charge is 0.392 e. The summed E-state index contributed by atoms with van der Waals surface area (Å²) in [6, 6.07) is 0.484. The minimum absolute atomic E-state index is 0.171. The van der Waals surface area contributed by atoms with Crippen LogP contribution >= 0.6 is 0 Å². The first-order valence-electron chi connectivity index (χ1n) is 7.36. The molecule has 1 rings (SSSR count). The summed E-state index contributed by atoms with van der Waals surface area (Å²) in [4.78, 5) is 15.5. The maximum absolute atomic E-state index is 11.6. The second kappa shape index (κ2) is 8.51. The Morgan fingerprint density at radius 3 is 2.58 bits per heavy atom. The summed E-state index contributed by atoms with van der Waals surface area (Å²) in [5, 5.41) is 13.1. The van der Waals surface area contributed by atoms with Gasteiger partial charge in [-0.05, 0) is 19.3 Å². The van der Waals surface area contributed by atoms with Gasteiger partial charge < -0.3 is 15.3 Å². The molecule has 1 atom stereocenters. The Kier molecular flexibility index (Phi) is 7.34. The average Bonchev–Trinajstić information content (AvgIpc) is 2.38. The molecule has 0 spiro atoms. The standard InChI is InChI=1S/C14H29N3O2/c1-4-5-13(18)10-15-12-6-8-17(9-7-12)11-14(19)16(2)3/h12-13,15,18H,4-11H2,1-3H3. The van der Waals surface area contributed by atoms with E-state index in [1.807, 2.05) is 0 Å². The van der Waals surface area contributed by atoms with E-state index >= 15 is 0 Å². The summed E-state index contributed by atoms with van der Waals surface area (Å²) in [5.74, 6) is 0.171. The van der Waals surface area contributed by atoms with Crippen molar-refractivity contribution in [3.05, 3.63) is 0 Å². The van der Waals surface area contributed by atoms with E-state index in [0.29, 0.717) is 19.1 Å². The lowest BCUT2D eigenvalue weighted by atomic mass is 10.0. The van der Waals surface area contributed by atoms with Crippen LogP contribution in [0.3, 0.4) is 0 Å². The van der Waals surface area contributed by atoms with Crippen molar-refractivity contribution in [1.29, 1.82) is 0 Å². The summed E-state index contributed by atoms with van der Waals surface area (Å²) in [6.07, 6.45) is 3.77. The molecule has 0 bridgehead atoms. The minimum atomic E-state index is -0.224. The van der Waals surface area contributed by atoms with Gasteiger partial charge in [0.1, 0.15) is 0 Å². The molecule has 1 fully saturated rings. The number of likely N-dealkylation sites (N-methyl/N-ethyl adjacent to an activating group) is 1. The number of hydrogen-bond donors (Lipinski definition) is 2. The van der Waals surface area contributed by atoms with Crippen molar-refractivity contribution in [3.63, 3.8) is 0 Å². The number of amides is 1. The fourth-order valence-corrected chi connectivity index (χ4v) is 2.37. The lowest BCUT2D eigenvalue weighted by Crippen LogP contribution is -2.47. The normalized spacial score (nSPS) is 19.4. The van der Waals surface area contributed by atoms with E-state index in [1.165, 1.54) is 0 Å². The third-order valence-corrected chi connectivity index (χ3v) is 3.71. The van der Waals surface area contributed by atoms with E-state index in [0.717, 1.165) is 38.8 Å². The molecule has 19 heavy (non-hydrogen) atoms. The van der Waals surface area contributed by atoms with Crippen molar-refractivity contribution >= 4 is 5.91 Å². The van der Waals surface area contributed by atoms with Crippen LogP contribution in [-0.2, 0) is 4.79 Å². The van der Waals surface area contributed by atoms with Crippen molar-refractivity contribution in [2.24, 2.45) is 0 Å². The predicted octanol–water partition coefficient (Wildman–Crippen LogP) is 0.290. The Bertz CT molecular complexity index is 263. The van der Waals surface area contributed by atoms with Gasteiger partial charge in [0.15, 0.2) is 0 Å². The van der Waals surface area contributed by atoms with Crippen LogP contribution < -0.4 is 5.32 Å². The van der Waals surface area contributed by atoms with Crippen LogP contribution in [0.2, 0.25) is 0 Å². The van der Waals surface area contributed by atoms with Crippen LogP contribution in [0.25, 0.3) is 0 Å². The van der Waals surface area contributed by atoms with Crippen molar-refractivity contribution in [3.8, 4) is 0 Å². The molecule has 1 aliphatic rings. The highest BCUT2D eigenvalue weighted by Crippen LogP contribution is 2.10. The Morgan fingerprint density at radius 1 is 1.42 bits per heavy atom. The molecule has 1 heterocycles. The van der Waals surface area contributed by atoms with Crippen LogP contribution in [-0.4, -0.2) is 73.2 Å². The van der Waals surface area contributed by atoms with Gasteiger partial charge in [0.05, 0.1) is 12.6 Å². The van der Waals surface area contributed by atoms with Gasteiger partial charge >= 0.3 is 0 Å². The number of piperidine rings is 1. The molecule has 0 aromatic rings. The number of carbonyl (C=O) groups excluding carboxylic acids is 1. The summed E-state index contributed by atoms with van der Waals surface area (Å²) >= 11 is 0. The summed E-state index contributed by atoms with van der Waals surface area (Å²) in [6.45, 7) is 5.22. The van der Waals surface area contributed by atoms with E-state index in [1.54, 1.807) is 19.0 Å². The molecule has 5 nitrogen and oxygen atoms in total. The van der Waals surface area contributed by atoms with Gasteiger partial charge in [0.25, 0.3) is 0 Å². The fraction of sp³-hybridized carbons (Fsp3) is 0.929. The molecule has 0 saturated carbocycles. The molecule has 5 heteroatoms. The van der Waals surface area contributed by atoms with Gasteiger partial charge in [-0.2, -0.15) is 0 Å². The number of rotatable bonds is 7. The zero-order valence-corrected chi connectivity index (χ0v) is 12.6. The van der Waals surface area contributed by atoms with Crippen LogP contribution in [0.5, 0.6) is 0 Å². The summed E-state index contributed by atoms with van der Waals surface area (Å²) < 4.78 is 0. The maximum Gasteiger partial charge on any atom is 0.236 e. The first-order valence-corrected chi connectivity index (χ1v) is 7.36. The zero-order chi connectivity index (χ0) is 14.3. The average molecular weight is 271 g/mol. The maximum atomic E-state index is 11.6. The molecular weight excluding hydrogens is 242 g/mol. The molecule has 0 radical (unpaired) electrons. The molecule has 2 N–H and O–H groups in total. The van der Waals surface area contributed by atoms with E-state index in [2.05, 4.69) is 17.1 Å². The van der Waals surface area contributed by atoms with Gasteiger partial charge in [-0.1, -0.05) is 13.3 Å². The van der Waals surface area contributed by atoms with E-state index in [9.17, 15) is 9.90 Å². The van der Waals surface area contributed by atoms with Crippen molar-refractivity contribution < 1.29 is 9.90 Å². The highest BCUT2D eigenvalue weighted by molar-refractivity contribution is 5.77. The van der Waals surface area contributed by atoms with Crippen LogP contribution in [0.15, 0.2) is 0 Å². The molecule has 1 aliphatic heterocycles. The topological polar surface area (TPSA) is 55.8 Å². The lowest BCUT2D eigenvalue weighted by molar-refractivity contribution is -0.130. The van der Waals surface area contributed by atoms with Gasteiger partial charge in [-0.15, -0.1) is 0 Å². The number of nitrogens with zero attached hydrogens (tertiary/aromatic N) is 2. The number of likely N-dealkylation sites (tertiary alicyclic amines) is 1. The van der Waals surface area contributed by atoms with Gasteiger partial charge in [-0.25, -0.2) is 0 Å². The summed E-state index contributed by atoms with van der Waals surface area (Å²) in [5.41, 5.74) is 0. The SMILES string of the molecule is CCCC(O)CNC1CCN(CC(=O)N(C)C)CC1. The Labute approximate surface area is 117 Å². The number of aliphatic hydroxyl groups is 1. The summed E-state index contributed by atoms with van der Waals surface area (Å²) in [7, 11) is 3.59. The lowest BCUT2D eigenvalue weighted by Gasteiger charge is -2.33. The number of nitrogens with one attached hydrogen (secondary N) is 1. The smallest absolute Gasteiger partial charge is 0.236 e. The van der Waals surface area contributed by atoms with Gasteiger partial charge in [0, 0.05) is 39.8 Å². The van der Waals surface area contributed by atoms with Crippen molar-refractivity contribution in [2.75, 3.05) is 40.3 Å². The van der Waals surface area contributed by atoms with Gasteiger partial charge in [0.2, 0.25) is 5.91 Å². The van der Waals surface area contributed by atoms with Crippen LogP contribution in [0, 0.1) is 0 Å². The highest BCUT2D eigenvalue weighted by Gasteiger charge is 2.21. The number of hydrogen-bond acceptors (Lipinski definition) is 4. The van der Waals surface area contributed by atoms with Crippen molar-refractivity contribution in [1.82, 2.24) is 15.1 Å². The van der Waals surface area contributed by atoms with E-state index in [4.69, 9.17) is 0 Å². The quantitative estimate of drug-likeness (QED) is 0.699. The zero-order valence-electron chi connectivity index (χ0n) is 12.6. The Morgan fingerprint density at radius 2 is 2.05 bits per heavy atom. The number of aliphatic hydroxyl groups excluding tert-OH is 1. The minimum Gasteiger partial charge on any atom is -0.392 e. The van der Waals surface area contributed by atoms with Crippen LogP contribution in [0.4, 0.5) is 0 Å². The monoisotopic (exact) mass is 271 g/mol. The molecule has 0 aliphatic carbocycles. The molecule has 1 amide bonds. The molecule has 112 valence electrons. The second-order valence-corrected chi connectivity index (χ2v) is 5.69. The fourth-order valence-electron chi connectivity index (χ4n) is 2.37. The predicted molar refractivity (Wildman–Crippen MR) is 77.1 cm³/mol. The first kappa shape index (κ1) is 16.4. The molecular formula is C14H29N3O2. The number of carbonyl (C=O) groups is 1. The molecule has 0 aromatic carbocycles. The molecule has 0 aromatic heterocycles. The van der Waals surface area contributed by atoms with Gasteiger partial charge in [-0.3, -0.25) is 9.69 Å².